The fourth-order valence-corrected chi connectivity index (χ4v) is 1.73. The van der Waals surface area contributed by atoms with Gasteiger partial charge in [0.25, 0.3) is 5.91 Å². The lowest BCUT2D eigenvalue weighted by Gasteiger charge is -2.12. The molecule has 0 spiro atoms. The van der Waals surface area contributed by atoms with Crippen LogP contribution in [0.5, 0.6) is 5.75 Å². The number of amides is 1. The normalized spacial score (nSPS) is 19.1. The van der Waals surface area contributed by atoms with E-state index in [0.29, 0.717) is 24.3 Å². The topological polar surface area (TPSA) is 55.4 Å². The Bertz CT molecular complexity index is 428. The molecule has 84 valence electrons. The summed E-state index contributed by atoms with van der Waals surface area (Å²) in [5, 5.41) is 2.78. The maximum Gasteiger partial charge on any atom is 0.255 e. The molecule has 0 aliphatic carbocycles. The Morgan fingerprint density at radius 1 is 1.50 bits per heavy atom. The molecule has 1 unspecified atom stereocenters. The van der Waals surface area contributed by atoms with Crippen LogP contribution in [-0.4, -0.2) is 24.3 Å². The molecule has 0 saturated heterocycles. The number of hydrogen-bond donors (Lipinski definition) is 1. The van der Waals surface area contributed by atoms with Crippen molar-refractivity contribution in [2.24, 2.45) is 0 Å². The van der Waals surface area contributed by atoms with E-state index in [2.05, 4.69) is 5.32 Å². The monoisotopic (exact) mass is 219 g/mol. The first kappa shape index (κ1) is 10.7. The predicted molar refractivity (Wildman–Crippen MR) is 58.5 cm³/mol. The van der Waals surface area contributed by atoms with Crippen LogP contribution < -0.4 is 10.1 Å². The maximum atomic E-state index is 11.8. The van der Waals surface area contributed by atoms with Crippen molar-refractivity contribution in [3.05, 3.63) is 29.8 Å². The van der Waals surface area contributed by atoms with Gasteiger partial charge >= 0.3 is 0 Å². The second kappa shape index (κ2) is 4.35. The molecule has 4 nitrogen and oxygen atoms in total. The molecule has 1 atom stereocenters. The first-order valence-electron chi connectivity index (χ1n) is 5.19. The molecule has 0 radical (unpaired) electrons. The molecular weight excluding hydrogens is 206 g/mol. The van der Waals surface area contributed by atoms with E-state index >= 15 is 0 Å². The number of Topliss-reactive ketones (excluding diaryl/α,β-unsaturated/α-hetero) is 1. The molecule has 1 heterocycles. The molecule has 0 bridgehead atoms. The van der Waals surface area contributed by atoms with E-state index in [-0.39, 0.29) is 17.7 Å². The van der Waals surface area contributed by atoms with Crippen LogP contribution in [0.3, 0.4) is 0 Å². The van der Waals surface area contributed by atoms with Gasteiger partial charge < -0.3 is 10.1 Å². The molecular formula is C12H13NO3. The van der Waals surface area contributed by atoms with E-state index in [1.165, 1.54) is 6.92 Å². The number of hydrogen-bond acceptors (Lipinski definition) is 3. The molecule has 1 N–H and O–H groups in total. The Morgan fingerprint density at radius 2 is 2.25 bits per heavy atom. The highest BCUT2D eigenvalue weighted by molar-refractivity contribution is 5.97. The summed E-state index contributed by atoms with van der Waals surface area (Å²) in [5.41, 5.74) is 0.522. The molecule has 1 aliphatic rings. The Balaban J connectivity index is 2.19. The van der Waals surface area contributed by atoms with E-state index < -0.39 is 0 Å². The van der Waals surface area contributed by atoms with Crippen LogP contribution in [0.1, 0.15) is 23.7 Å². The van der Waals surface area contributed by atoms with Crippen molar-refractivity contribution in [2.45, 2.75) is 19.4 Å². The van der Waals surface area contributed by atoms with E-state index in [9.17, 15) is 9.59 Å². The second-order valence-electron chi connectivity index (χ2n) is 3.88. The number of rotatable bonds is 2. The first-order valence-corrected chi connectivity index (χ1v) is 5.19. The van der Waals surface area contributed by atoms with Gasteiger partial charge in [0.1, 0.15) is 18.1 Å². The molecule has 1 aromatic rings. The number of carbonyl (C=O) groups is 2. The number of ether oxygens (including phenoxy) is 1. The zero-order valence-electron chi connectivity index (χ0n) is 9.03. The lowest BCUT2D eigenvalue weighted by molar-refractivity contribution is -0.117. The zero-order valence-corrected chi connectivity index (χ0v) is 9.03. The molecule has 0 fully saturated rings. The van der Waals surface area contributed by atoms with Gasteiger partial charge in [-0.3, -0.25) is 9.59 Å². The number of fused-ring (bicyclic) bond motifs is 1. The summed E-state index contributed by atoms with van der Waals surface area (Å²) in [6.45, 7) is 1.84. The zero-order chi connectivity index (χ0) is 11.5. The Hall–Kier alpha value is -1.84. The number of nitrogens with one attached hydrogen (secondary N) is 1. The summed E-state index contributed by atoms with van der Waals surface area (Å²) in [6, 6.07) is 6.83. The minimum Gasteiger partial charge on any atom is -0.491 e. The van der Waals surface area contributed by atoms with Crippen LogP contribution in [0.15, 0.2) is 24.3 Å². The van der Waals surface area contributed by atoms with Crippen LogP contribution in [0.4, 0.5) is 0 Å². The van der Waals surface area contributed by atoms with Gasteiger partial charge in [0.15, 0.2) is 0 Å². The summed E-state index contributed by atoms with van der Waals surface area (Å²) in [6.07, 6.45) is 0.305. The lowest BCUT2D eigenvalue weighted by atomic mass is 10.1. The molecule has 0 aromatic heterocycles. The van der Waals surface area contributed by atoms with Crippen LogP contribution in [0, 0.1) is 0 Å². The van der Waals surface area contributed by atoms with Crippen molar-refractivity contribution in [1.29, 1.82) is 0 Å². The van der Waals surface area contributed by atoms with Gasteiger partial charge in [-0.05, 0) is 19.1 Å². The molecule has 2 rings (SSSR count). The average molecular weight is 219 g/mol. The van der Waals surface area contributed by atoms with E-state index in [1.807, 2.05) is 6.07 Å². The van der Waals surface area contributed by atoms with Crippen molar-refractivity contribution < 1.29 is 14.3 Å². The van der Waals surface area contributed by atoms with Crippen molar-refractivity contribution >= 4 is 11.7 Å². The molecule has 4 heteroatoms. The maximum absolute atomic E-state index is 11.8. The minimum atomic E-state index is -0.239. The van der Waals surface area contributed by atoms with Crippen molar-refractivity contribution in [2.75, 3.05) is 6.61 Å². The van der Waals surface area contributed by atoms with Gasteiger partial charge in [-0.1, -0.05) is 12.1 Å². The number of carbonyl (C=O) groups excluding carboxylic acids is 2. The third-order valence-electron chi connectivity index (χ3n) is 2.44. The molecule has 16 heavy (non-hydrogen) atoms. The summed E-state index contributed by atoms with van der Waals surface area (Å²) in [7, 11) is 0. The van der Waals surface area contributed by atoms with Crippen LogP contribution in [0.25, 0.3) is 0 Å². The fraction of sp³-hybridized carbons (Fsp3) is 0.333. The van der Waals surface area contributed by atoms with Crippen molar-refractivity contribution in [3.8, 4) is 5.75 Å². The average Bonchev–Trinajstić information content (AvgIpc) is 2.39. The van der Waals surface area contributed by atoms with E-state index in [0.717, 1.165) is 0 Å². The van der Waals surface area contributed by atoms with Crippen LogP contribution in [0.2, 0.25) is 0 Å². The number of benzene rings is 1. The standard InChI is InChI=1S/C12H13NO3/c1-8(14)6-9-7-16-11-5-3-2-4-10(11)12(15)13-9/h2-5,9H,6-7H2,1H3,(H,13,15). The van der Waals surface area contributed by atoms with Gasteiger partial charge in [-0.25, -0.2) is 0 Å². The third kappa shape index (κ3) is 2.21. The SMILES string of the molecule is CC(=O)CC1COc2ccccc2C(=O)N1. The van der Waals surface area contributed by atoms with Gasteiger partial charge in [-0.15, -0.1) is 0 Å². The third-order valence-corrected chi connectivity index (χ3v) is 2.44. The van der Waals surface area contributed by atoms with Gasteiger partial charge in [0.05, 0.1) is 11.6 Å². The highest BCUT2D eigenvalue weighted by Crippen LogP contribution is 2.20. The summed E-state index contributed by atoms with van der Waals surface area (Å²) in [5.74, 6) is 0.435. The minimum absolute atomic E-state index is 0.0415. The quantitative estimate of drug-likeness (QED) is 0.812. The highest BCUT2D eigenvalue weighted by Gasteiger charge is 2.22. The largest absolute Gasteiger partial charge is 0.491 e. The summed E-state index contributed by atoms with van der Waals surface area (Å²) in [4.78, 5) is 22.8. The Labute approximate surface area is 93.6 Å². The Kier molecular flexibility index (Phi) is 2.90. The highest BCUT2D eigenvalue weighted by atomic mass is 16.5. The number of ketones is 1. The van der Waals surface area contributed by atoms with E-state index in [4.69, 9.17) is 4.74 Å². The van der Waals surface area contributed by atoms with Crippen LogP contribution >= 0.6 is 0 Å². The smallest absolute Gasteiger partial charge is 0.255 e. The van der Waals surface area contributed by atoms with Gasteiger partial charge in [0.2, 0.25) is 0 Å². The first-order chi connectivity index (χ1) is 7.66. The molecule has 1 aromatic carbocycles. The predicted octanol–water partition coefficient (Wildman–Crippen LogP) is 1.16. The molecule has 1 aliphatic heterocycles. The van der Waals surface area contributed by atoms with Crippen molar-refractivity contribution in [3.63, 3.8) is 0 Å². The van der Waals surface area contributed by atoms with Crippen LogP contribution in [-0.2, 0) is 4.79 Å². The second-order valence-corrected chi connectivity index (χ2v) is 3.88. The molecule has 0 saturated carbocycles. The summed E-state index contributed by atoms with van der Waals surface area (Å²) < 4.78 is 5.50. The molecule has 1 amide bonds. The summed E-state index contributed by atoms with van der Waals surface area (Å²) >= 11 is 0. The van der Waals surface area contributed by atoms with Crippen molar-refractivity contribution in [1.82, 2.24) is 5.32 Å². The lowest BCUT2D eigenvalue weighted by Crippen LogP contribution is -2.38. The fourth-order valence-electron chi connectivity index (χ4n) is 1.73. The number of para-hydroxylation sites is 1. The van der Waals surface area contributed by atoms with Gasteiger partial charge in [0, 0.05) is 6.42 Å². The van der Waals surface area contributed by atoms with E-state index in [1.54, 1.807) is 18.2 Å². The van der Waals surface area contributed by atoms with Gasteiger partial charge in [-0.2, -0.15) is 0 Å². The Morgan fingerprint density at radius 3 is 3.00 bits per heavy atom.